The number of hydrogen-bond acceptors (Lipinski definition) is 7. The van der Waals surface area contributed by atoms with Gasteiger partial charge in [-0.2, -0.15) is 0 Å². The number of carbonyl (C=O) groups excluding carboxylic acids is 3. The molecule has 3 rings (SSSR count). The first-order chi connectivity index (χ1) is 13.6. The van der Waals surface area contributed by atoms with Gasteiger partial charge in [-0.3, -0.25) is 14.5 Å². The highest BCUT2D eigenvalue weighted by molar-refractivity contribution is 5.93. The second-order valence-corrected chi connectivity index (χ2v) is 6.52. The number of rotatable bonds is 4. The van der Waals surface area contributed by atoms with Gasteiger partial charge in [0.15, 0.2) is 0 Å². The van der Waals surface area contributed by atoms with Gasteiger partial charge in [-0.1, -0.05) is 12.1 Å². The lowest BCUT2D eigenvalue weighted by molar-refractivity contribution is -0.156. The van der Waals surface area contributed by atoms with Crippen LogP contribution < -0.4 is 4.74 Å². The van der Waals surface area contributed by atoms with Gasteiger partial charge in [-0.05, 0) is 32.0 Å². The number of esters is 3. The van der Waals surface area contributed by atoms with Gasteiger partial charge >= 0.3 is 17.9 Å². The molecule has 2 aliphatic heterocycles. The maximum Gasteiger partial charge on any atom is 0.342 e. The fourth-order valence-corrected chi connectivity index (χ4v) is 3.81. The van der Waals surface area contributed by atoms with Gasteiger partial charge < -0.3 is 14.2 Å². The standard InChI is InChI=1S/C19H23NO6.ClH/c1-11(21)25-15-7-5-4-6-13(15)18(22)26-16-10-12-8-9-14(20(12)2)17(16)19(23)24-3;/h4-7,12,14,16-17H,8-10H2,1-3H3;1H/t12-,14+,16-,17+;/m0./s1/i2D3;. The lowest BCUT2D eigenvalue weighted by atomic mass is 9.87. The Bertz CT molecular complexity index is 818. The van der Waals surface area contributed by atoms with E-state index in [1.807, 2.05) is 0 Å². The maximum atomic E-state index is 12.8. The Hall–Kier alpha value is -2.12. The number of piperidine rings is 1. The Morgan fingerprint density at radius 2 is 1.96 bits per heavy atom. The molecule has 2 bridgehead atoms. The average Bonchev–Trinajstić information content (AvgIpc) is 2.97. The van der Waals surface area contributed by atoms with Crippen molar-refractivity contribution >= 4 is 30.3 Å². The van der Waals surface area contributed by atoms with Crippen molar-refractivity contribution in [1.29, 1.82) is 0 Å². The number of fused-ring (bicyclic) bond motifs is 2. The average molecular weight is 401 g/mol. The summed E-state index contributed by atoms with van der Waals surface area (Å²) >= 11 is 0. The number of carbonyl (C=O) groups is 3. The third-order valence-corrected chi connectivity index (χ3v) is 4.96. The van der Waals surface area contributed by atoms with E-state index in [9.17, 15) is 14.4 Å². The van der Waals surface area contributed by atoms with Gasteiger partial charge in [0.2, 0.25) is 0 Å². The van der Waals surface area contributed by atoms with Crippen LogP contribution in [0.1, 0.15) is 40.7 Å². The van der Waals surface area contributed by atoms with E-state index in [0.29, 0.717) is 12.8 Å². The predicted octanol–water partition coefficient (Wildman–Crippen LogP) is 2.21. The van der Waals surface area contributed by atoms with Crippen molar-refractivity contribution < 1.29 is 32.7 Å². The van der Waals surface area contributed by atoms with E-state index in [2.05, 4.69) is 0 Å². The molecule has 0 unspecified atom stereocenters. The third-order valence-electron chi connectivity index (χ3n) is 4.96. The first-order valence-corrected chi connectivity index (χ1v) is 8.48. The lowest BCUT2D eigenvalue weighted by Crippen LogP contribution is -2.53. The Kier molecular flexibility index (Phi) is 5.49. The minimum atomic E-state index is -2.35. The SMILES string of the molecule is Cl.[2H]C([2H])([2H])N1[C@H]2CC[C@@H]1[C@@H](C(=O)OC)[C@@H](OC(=O)c1ccccc1OC(C)=O)C2. The molecule has 2 fully saturated rings. The summed E-state index contributed by atoms with van der Waals surface area (Å²) in [7, 11) is 1.22. The number of benzene rings is 1. The van der Waals surface area contributed by atoms with Crippen LogP contribution in [0.5, 0.6) is 5.75 Å². The van der Waals surface area contributed by atoms with Crippen LogP contribution >= 0.6 is 12.4 Å². The summed E-state index contributed by atoms with van der Waals surface area (Å²) in [5.41, 5.74) is 0.0527. The molecule has 8 heteroatoms. The molecule has 7 nitrogen and oxygen atoms in total. The molecule has 0 amide bonds. The fourth-order valence-electron chi connectivity index (χ4n) is 3.81. The fraction of sp³-hybridized carbons (Fsp3) is 0.526. The second-order valence-electron chi connectivity index (χ2n) is 6.52. The minimum absolute atomic E-state index is 0. The Morgan fingerprint density at radius 1 is 1.22 bits per heavy atom. The monoisotopic (exact) mass is 400 g/mol. The van der Waals surface area contributed by atoms with E-state index in [4.69, 9.17) is 18.3 Å². The van der Waals surface area contributed by atoms with E-state index in [-0.39, 0.29) is 36.2 Å². The summed E-state index contributed by atoms with van der Waals surface area (Å²) in [5.74, 6) is -2.80. The Balaban J connectivity index is 0.00000320. The molecule has 0 aromatic heterocycles. The van der Waals surface area contributed by atoms with Gasteiger partial charge in [0.1, 0.15) is 23.3 Å². The van der Waals surface area contributed by atoms with Crippen molar-refractivity contribution in [2.45, 2.75) is 44.4 Å². The molecule has 0 radical (unpaired) electrons. The molecule has 2 heterocycles. The molecule has 2 saturated heterocycles. The molecule has 0 N–H and O–H groups in total. The number of methoxy groups -OCH3 is 1. The van der Waals surface area contributed by atoms with E-state index in [0.717, 1.165) is 0 Å². The molecular weight excluding hydrogens is 374 g/mol. The van der Waals surface area contributed by atoms with E-state index in [1.165, 1.54) is 31.1 Å². The van der Waals surface area contributed by atoms with Gasteiger partial charge in [-0.25, -0.2) is 4.79 Å². The molecule has 1 aromatic carbocycles. The summed E-state index contributed by atoms with van der Waals surface area (Å²) in [6.07, 6.45) is 0.461. The van der Waals surface area contributed by atoms with Crippen molar-refractivity contribution in [1.82, 2.24) is 4.90 Å². The van der Waals surface area contributed by atoms with Crippen molar-refractivity contribution in [3.05, 3.63) is 29.8 Å². The first kappa shape index (κ1) is 17.0. The molecule has 0 saturated carbocycles. The molecule has 1 aromatic rings. The van der Waals surface area contributed by atoms with Crippen molar-refractivity contribution in [2.24, 2.45) is 5.92 Å². The summed E-state index contributed by atoms with van der Waals surface area (Å²) < 4.78 is 39.0. The van der Waals surface area contributed by atoms with Gasteiger partial charge in [0, 0.05) is 29.5 Å². The largest absolute Gasteiger partial charge is 0.469 e. The quantitative estimate of drug-likeness (QED) is 0.566. The second kappa shape index (κ2) is 8.71. The predicted molar refractivity (Wildman–Crippen MR) is 98.9 cm³/mol. The lowest BCUT2D eigenvalue weighted by Gasteiger charge is -2.40. The van der Waals surface area contributed by atoms with E-state index >= 15 is 0 Å². The first-order valence-electron chi connectivity index (χ1n) is 9.98. The number of ether oxygens (including phenoxy) is 3. The maximum absolute atomic E-state index is 12.8. The molecule has 27 heavy (non-hydrogen) atoms. The van der Waals surface area contributed by atoms with Crippen LogP contribution in [0.4, 0.5) is 0 Å². The Morgan fingerprint density at radius 3 is 2.63 bits per heavy atom. The summed E-state index contributed by atoms with van der Waals surface area (Å²) in [6.45, 7) is -1.13. The number of para-hydroxylation sites is 1. The van der Waals surface area contributed by atoms with Crippen LogP contribution in [-0.4, -0.2) is 55.1 Å². The van der Waals surface area contributed by atoms with Gasteiger partial charge in [-0.15, -0.1) is 12.4 Å². The van der Waals surface area contributed by atoms with E-state index < -0.39 is 42.9 Å². The third kappa shape index (κ3) is 4.25. The number of nitrogens with zero attached hydrogens (tertiary/aromatic N) is 1. The molecule has 0 spiro atoms. The smallest absolute Gasteiger partial charge is 0.342 e. The molecule has 0 aliphatic carbocycles. The molecule has 4 atom stereocenters. The van der Waals surface area contributed by atoms with Gasteiger partial charge in [0.25, 0.3) is 0 Å². The molecular formula is C19H24ClNO6. The zero-order valence-electron chi connectivity index (χ0n) is 18.0. The van der Waals surface area contributed by atoms with Gasteiger partial charge in [0.05, 0.1) is 7.11 Å². The zero-order valence-corrected chi connectivity index (χ0v) is 15.9. The van der Waals surface area contributed by atoms with Crippen molar-refractivity contribution in [2.75, 3.05) is 14.1 Å². The van der Waals surface area contributed by atoms with Crippen LogP contribution in [0.2, 0.25) is 0 Å². The zero-order chi connectivity index (χ0) is 21.3. The van der Waals surface area contributed by atoms with Crippen molar-refractivity contribution in [3.8, 4) is 5.75 Å². The summed E-state index contributed by atoms with van der Waals surface area (Å²) in [4.78, 5) is 37.9. The number of halogens is 1. The number of hydrogen-bond donors (Lipinski definition) is 0. The Labute approximate surface area is 168 Å². The molecule has 2 aliphatic rings. The van der Waals surface area contributed by atoms with Crippen molar-refractivity contribution in [3.63, 3.8) is 0 Å². The van der Waals surface area contributed by atoms with Crippen LogP contribution in [0, 0.1) is 5.92 Å². The van der Waals surface area contributed by atoms with E-state index in [1.54, 1.807) is 12.1 Å². The topological polar surface area (TPSA) is 82.1 Å². The summed E-state index contributed by atoms with van der Waals surface area (Å²) in [5, 5.41) is 0. The molecule has 148 valence electrons. The normalized spacial score (nSPS) is 28.7. The summed E-state index contributed by atoms with van der Waals surface area (Å²) in [6, 6.07) is 5.21. The highest BCUT2D eigenvalue weighted by Gasteiger charge is 2.51. The van der Waals surface area contributed by atoms with Crippen LogP contribution in [0.25, 0.3) is 0 Å². The van der Waals surface area contributed by atoms with Crippen LogP contribution in [0.3, 0.4) is 0 Å². The minimum Gasteiger partial charge on any atom is -0.469 e. The highest BCUT2D eigenvalue weighted by atomic mass is 35.5. The highest BCUT2D eigenvalue weighted by Crippen LogP contribution is 2.40. The van der Waals surface area contributed by atoms with Crippen LogP contribution in [0.15, 0.2) is 24.3 Å². The van der Waals surface area contributed by atoms with Crippen LogP contribution in [-0.2, 0) is 19.1 Å².